The number of benzene rings is 1. The maximum absolute atomic E-state index is 11.8. The molecular formula is C16H23NO2S. The molecule has 0 radical (unpaired) electrons. The van der Waals surface area contributed by atoms with E-state index in [0.717, 1.165) is 19.3 Å². The Morgan fingerprint density at radius 3 is 2.80 bits per heavy atom. The molecule has 1 aromatic carbocycles. The topological polar surface area (TPSA) is 46.2 Å². The van der Waals surface area contributed by atoms with Crippen molar-refractivity contribution in [2.75, 3.05) is 11.5 Å². The summed E-state index contributed by atoms with van der Waals surface area (Å²) in [6.07, 6.45) is 5.41. The van der Waals surface area contributed by atoms with Gasteiger partial charge in [0.1, 0.15) is 0 Å². The maximum atomic E-state index is 11.8. The highest BCUT2D eigenvalue weighted by atomic mass is 32.2. The van der Waals surface area contributed by atoms with Crippen molar-refractivity contribution < 1.29 is 8.42 Å². The Morgan fingerprint density at radius 1 is 1.25 bits per heavy atom. The van der Waals surface area contributed by atoms with Gasteiger partial charge in [-0.15, -0.1) is 0 Å². The Kier molecular flexibility index (Phi) is 3.63. The Morgan fingerprint density at radius 2 is 2.05 bits per heavy atom. The van der Waals surface area contributed by atoms with E-state index in [1.807, 2.05) is 0 Å². The van der Waals surface area contributed by atoms with Crippen LogP contribution < -0.4 is 5.32 Å². The van der Waals surface area contributed by atoms with E-state index in [-0.39, 0.29) is 11.3 Å². The van der Waals surface area contributed by atoms with E-state index < -0.39 is 9.84 Å². The van der Waals surface area contributed by atoms with Crippen molar-refractivity contribution in [3.8, 4) is 0 Å². The molecule has 1 aromatic rings. The zero-order chi connectivity index (χ0) is 14.2. The quantitative estimate of drug-likeness (QED) is 0.853. The van der Waals surface area contributed by atoms with Crippen molar-refractivity contribution in [1.29, 1.82) is 0 Å². The minimum atomic E-state index is -2.85. The van der Waals surface area contributed by atoms with Crippen LogP contribution in [0, 0.1) is 0 Å². The Hall–Kier alpha value is -0.870. The van der Waals surface area contributed by atoms with Gasteiger partial charge in [0, 0.05) is 11.6 Å². The lowest BCUT2D eigenvalue weighted by Gasteiger charge is -2.31. The van der Waals surface area contributed by atoms with Gasteiger partial charge in [-0.2, -0.15) is 0 Å². The molecular weight excluding hydrogens is 270 g/mol. The Balaban J connectivity index is 1.84. The summed E-state index contributed by atoms with van der Waals surface area (Å²) in [4.78, 5) is 0. The molecule has 0 bridgehead atoms. The first-order valence-corrected chi connectivity index (χ1v) is 9.36. The monoisotopic (exact) mass is 293 g/mol. The van der Waals surface area contributed by atoms with Gasteiger partial charge in [-0.05, 0) is 43.7 Å². The molecule has 110 valence electrons. The lowest BCUT2D eigenvalue weighted by molar-refractivity contribution is 0.330. The summed E-state index contributed by atoms with van der Waals surface area (Å²) in [7, 11) is -2.85. The SMILES string of the molecule is CC1(NC2CCCCc3ccccc32)CCS(=O)(=O)C1. The van der Waals surface area contributed by atoms with Crippen LogP contribution in [0.2, 0.25) is 0 Å². The smallest absolute Gasteiger partial charge is 0.152 e. The lowest BCUT2D eigenvalue weighted by atomic mass is 9.94. The van der Waals surface area contributed by atoms with Gasteiger partial charge in [-0.1, -0.05) is 30.7 Å². The first-order valence-electron chi connectivity index (χ1n) is 7.53. The number of nitrogens with one attached hydrogen (secondary N) is 1. The molecule has 1 aliphatic heterocycles. The van der Waals surface area contributed by atoms with Crippen molar-refractivity contribution in [3.63, 3.8) is 0 Å². The predicted molar refractivity (Wildman–Crippen MR) is 81.5 cm³/mol. The second-order valence-corrected chi connectivity index (χ2v) is 8.73. The average Bonchev–Trinajstić information content (AvgIpc) is 2.58. The van der Waals surface area contributed by atoms with Crippen molar-refractivity contribution in [2.45, 2.75) is 50.6 Å². The van der Waals surface area contributed by atoms with Crippen LogP contribution in [0.3, 0.4) is 0 Å². The summed E-state index contributed by atoms with van der Waals surface area (Å²) in [5.74, 6) is 0.601. The van der Waals surface area contributed by atoms with Gasteiger partial charge in [0.2, 0.25) is 0 Å². The highest BCUT2D eigenvalue weighted by Gasteiger charge is 2.40. The third-order valence-electron chi connectivity index (χ3n) is 4.65. The van der Waals surface area contributed by atoms with E-state index in [1.54, 1.807) is 0 Å². The van der Waals surface area contributed by atoms with Gasteiger partial charge in [-0.3, -0.25) is 0 Å². The molecule has 0 amide bonds. The molecule has 4 heteroatoms. The summed E-state index contributed by atoms with van der Waals surface area (Å²) in [6, 6.07) is 8.90. The number of aryl methyl sites for hydroxylation is 1. The zero-order valence-electron chi connectivity index (χ0n) is 12.1. The number of sulfone groups is 1. The summed E-state index contributed by atoms with van der Waals surface area (Å²) in [5, 5.41) is 3.67. The van der Waals surface area contributed by atoms with Crippen LogP contribution in [0.15, 0.2) is 24.3 Å². The molecule has 20 heavy (non-hydrogen) atoms. The fraction of sp³-hybridized carbons (Fsp3) is 0.625. The molecule has 1 saturated heterocycles. The number of hydrogen-bond acceptors (Lipinski definition) is 3. The summed E-state index contributed by atoms with van der Waals surface area (Å²) >= 11 is 0. The molecule has 3 nitrogen and oxygen atoms in total. The maximum Gasteiger partial charge on any atom is 0.152 e. The largest absolute Gasteiger partial charge is 0.304 e. The molecule has 0 saturated carbocycles. The highest BCUT2D eigenvalue weighted by molar-refractivity contribution is 7.91. The van der Waals surface area contributed by atoms with E-state index in [9.17, 15) is 8.42 Å². The van der Waals surface area contributed by atoms with Crippen molar-refractivity contribution >= 4 is 9.84 Å². The molecule has 3 rings (SSSR count). The fourth-order valence-electron chi connectivity index (χ4n) is 3.62. The van der Waals surface area contributed by atoms with Crippen LogP contribution >= 0.6 is 0 Å². The van der Waals surface area contributed by atoms with Crippen molar-refractivity contribution in [1.82, 2.24) is 5.32 Å². The molecule has 2 unspecified atom stereocenters. The molecule has 0 aromatic heterocycles. The van der Waals surface area contributed by atoms with Gasteiger partial charge >= 0.3 is 0 Å². The molecule has 0 spiro atoms. The minimum Gasteiger partial charge on any atom is -0.304 e. The molecule has 2 atom stereocenters. The molecule has 1 fully saturated rings. The van der Waals surface area contributed by atoms with Gasteiger partial charge in [0.25, 0.3) is 0 Å². The Bertz CT molecular complexity index is 596. The van der Waals surface area contributed by atoms with Crippen LogP contribution in [-0.2, 0) is 16.3 Å². The van der Waals surface area contributed by atoms with Crippen molar-refractivity contribution in [3.05, 3.63) is 35.4 Å². The Labute approximate surface area is 121 Å². The summed E-state index contributed by atoms with van der Waals surface area (Å²) in [6.45, 7) is 2.06. The van der Waals surface area contributed by atoms with Gasteiger partial charge in [0.05, 0.1) is 11.5 Å². The third-order valence-corrected chi connectivity index (χ3v) is 6.55. The van der Waals surface area contributed by atoms with Crippen LogP contribution in [0.25, 0.3) is 0 Å². The standard InChI is InChI=1S/C16H23NO2S/c1-16(10-11-20(18,19)12-16)17-15-9-5-3-7-13-6-2-4-8-14(13)15/h2,4,6,8,15,17H,3,5,7,9-12H2,1H3. The lowest BCUT2D eigenvalue weighted by Crippen LogP contribution is -2.45. The van der Waals surface area contributed by atoms with E-state index in [4.69, 9.17) is 0 Å². The number of fused-ring (bicyclic) bond motifs is 1. The molecule has 1 heterocycles. The second-order valence-electron chi connectivity index (χ2n) is 6.54. The normalized spacial score (nSPS) is 32.5. The van der Waals surface area contributed by atoms with Gasteiger partial charge in [-0.25, -0.2) is 8.42 Å². The van der Waals surface area contributed by atoms with E-state index >= 15 is 0 Å². The van der Waals surface area contributed by atoms with Crippen LogP contribution in [0.5, 0.6) is 0 Å². The molecule has 1 aliphatic carbocycles. The third kappa shape index (κ3) is 2.91. The molecule has 1 N–H and O–H groups in total. The summed E-state index contributed by atoms with van der Waals surface area (Å²) in [5.41, 5.74) is 2.53. The predicted octanol–water partition coefficient (Wildman–Crippen LogP) is 2.62. The molecule has 2 aliphatic rings. The first-order chi connectivity index (χ1) is 9.48. The average molecular weight is 293 g/mol. The number of hydrogen-bond donors (Lipinski definition) is 1. The second kappa shape index (κ2) is 5.15. The van der Waals surface area contributed by atoms with E-state index in [2.05, 4.69) is 36.5 Å². The first kappa shape index (κ1) is 14.1. The van der Waals surface area contributed by atoms with E-state index in [0.29, 0.717) is 11.8 Å². The van der Waals surface area contributed by atoms with E-state index in [1.165, 1.54) is 24.0 Å². The van der Waals surface area contributed by atoms with Crippen LogP contribution in [0.1, 0.15) is 49.8 Å². The zero-order valence-corrected chi connectivity index (χ0v) is 12.9. The highest BCUT2D eigenvalue weighted by Crippen LogP contribution is 2.33. The van der Waals surface area contributed by atoms with Crippen molar-refractivity contribution in [2.24, 2.45) is 0 Å². The van der Waals surface area contributed by atoms with Gasteiger partial charge in [0.15, 0.2) is 9.84 Å². The fourth-order valence-corrected chi connectivity index (χ4v) is 5.72. The van der Waals surface area contributed by atoms with Crippen LogP contribution in [-0.4, -0.2) is 25.5 Å². The summed E-state index contributed by atoms with van der Waals surface area (Å²) < 4.78 is 23.5. The van der Waals surface area contributed by atoms with Gasteiger partial charge < -0.3 is 5.32 Å². The van der Waals surface area contributed by atoms with Crippen LogP contribution in [0.4, 0.5) is 0 Å². The number of rotatable bonds is 2. The minimum absolute atomic E-state index is 0.263.